The summed E-state index contributed by atoms with van der Waals surface area (Å²) in [6, 6.07) is 0. The Labute approximate surface area is 141 Å². The van der Waals surface area contributed by atoms with Crippen LogP contribution in [0.4, 0.5) is 0 Å². The van der Waals surface area contributed by atoms with Gasteiger partial charge >= 0.3 is 17.9 Å². The van der Waals surface area contributed by atoms with E-state index < -0.39 is 11.9 Å². The molecular weight excluding hydrogens is 320 g/mol. The maximum absolute atomic E-state index is 10.8. The summed E-state index contributed by atoms with van der Waals surface area (Å²) in [5.41, 5.74) is 0.900. The number of carboxylic acid groups (broad SMARTS) is 1. The van der Waals surface area contributed by atoms with E-state index in [0.29, 0.717) is 18.4 Å². The summed E-state index contributed by atoms with van der Waals surface area (Å²) in [5.74, 6) is -1.87. The molecule has 0 aliphatic heterocycles. The van der Waals surface area contributed by atoms with Gasteiger partial charge in [-0.1, -0.05) is 31.5 Å². The fraction of sp³-hybridized carbons (Fsp3) is 0.375. The van der Waals surface area contributed by atoms with Crippen LogP contribution < -0.4 is 0 Å². The van der Waals surface area contributed by atoms with E-state index in [1.807, 2.05) is 0 Å². The molecule has 6 nitrogen and oxygen atoms in total. The Balaban J connectivity index is 0. The maximum atomic E-state index is 10.8. The minimum atomic E-state index is -1.00. The first-order valence-corrected chi connectivity index (χ1v) is 7.04. The van der Waals surface area contributed by atoms with Crippen molar-refractivity contribution in [2.45, 2.75) is 26.2 Å². The Morgan fingerprint density at radius 2 is 1.57 bits per heavy atom. The molecule has 0 aliphatic rings. The summed E-state index contributed by atoms with van der Waals surface area (Å²) in [4.78, 5) is 31.8. The Morgan fingerprint density at radius 3 is 1.96 bits per heavy atom. The van der Waals surface area contributed by atoms with E-state index in [9.17, 15) is 14.4 Å². The number of rotatable bonds is 8. The van der Waals surface area contributed by atoms with Crippen LogP contribution in [0.5, 0.6) is 0 Å². The molecule has 23 heavy (non-hydrogen) atoms. The smallest absolute Gasteiger partial charge is 0.333 e. The van der Waals surface area contributed by atoms with E-state index in [2.05, 4.69) is 34.8 Å². The molecule has 0 rings (SSSR count). The van der Waals surface area contributed by atoms with Crippen LogP contribution in [0.2, 0.25) is 0 Å². The molecule has 0 saturated heterocycles. The van der Waals surface area contributed by atoms with Gasteiger partial charge in [0.15, 0.2) is 0 Å². The number of esters is 2. The zero-order valence-corrected chi connectivity index (χ0v) is 14.4. The van der Waals surface area contributed by atoms with Crippen molar-refractivity contribution >= 4 is 35.5 Å². The maximum Gasteiger partial charge on any atom is 0.333 e. The van der Waals surface area contributed by atoms with E-state index in [0.717, 1.165) is 0 Å². The van der Waals surface area contributed by atoms with Crippen molar-refractivity contribution in [3.05, 3.63) is 36.0 Å². The van der Waals surface area contributed by atoms with Crippen molar-refractivity contribution in [1.82, 2.24) is 0 Å². The predicted molar refractivity (Wildman–Crippen MR) is 91.2 cm³/mol. The summed E-state index contributed by atoms with van der Waals surface area (Å²) in [6.07, 6.45) is 2.91. The lowest BCUT2D eigenvalue weighted by atomic mass is 10.1. The second-order valence-corrected chi connectivity index (χ2v) is 4.63. The van der Waals surface area contributed by atoms with E-state index in [4.69, 9.17) is 5.11 Å². The first-order chi connectivity index (χ1) is 10.7. The molecule has 0 radical (unpaired) electrons. The van der Waals surface area contributed by atoms with Crippen molar-refractivity contribution in [2.75, 3.05) is 14.2 Å². The van der Waals surface area contributed by atoms with Gasteiger partial charge in [0, 0.05) is 16.7 Å². The third kappa shape index (κ3) is 12.0. The topological polar surface area (TPSA) is 89.9 Å². The lowest BCUT2D eigenvalue weighted by Crippen LogP contribution is -2.03. The Kier molecular flexibility index (Phi) is 13.4. The number of thiocarbonyl (C=S) groups is 1. The second-order valence-electron chi connectivity index (χ2n) is 4.29. The number of hydrogen-bond donors (Lipinski definition) is 1. The molecule has 0 aromatic carbocycles. The molecule has 0 fully saturated rings. The van der Waals surface area contributed by atoms with Crippen LogP contribution in [0.1, 0.15) is 26.2 Å². The number of carbonyl (C=O) groups excluding carboxylic acids is 2. The number of ether oxygens (including phenoxy) is 2. The van der Waals surface area contributed by atoms with Crippen molar-refractivity contribution in [2.24, 2.45) is 0 Å². The van der Waals surface area contributed by atoms with Crippen LogP contribution in [0.15, 0.2) is 36.0 Å². The molecule has 0 atom stereocenters. The molecule has 7 heteroatoms. The van der Waals surface area contributed by atoms with E-state index in [1.54, 1.807) is 5.37 Å². The van der Waals surface area contributed by atoms with Gasteiger partial charge in [-0.15, -0.1) is 0 Å². The highest BCUT2D eigenvalue weighted by Crippen LogP contribution is 2.04. The van der Waals surface area contributed by atoms with Crippen molar-refractivity contribution in [1.29, 1.82) is 0 Å². The van der Waals surface area contributed by atoms with Gasteiger partial charge in [0.05, 0.1) is 14.2 Å². The lowest BCUT2D eigenvalue weighted by Gasteiger charge is -1.99. The summed E-state index contributed by atoms with van der Waals surface area (Å²) in [6.45, 7) is 8.42. The Hall–Kier alpha value is -2.28. The summed E-state index contributed by atoms with van der Waals surface area (Å²) in [5, 5.41) is 10.1. The van der Waals surface area contributed by atoms with Crippen molar-refractivity contribution in [3.63, 3.8) is 0 Å². The predicted octanol–water partition coefficient (Wildman–Crippen LogP) is 2.63. The lowest BCUT2D eigenvalue weighted by molar-refractivity contribution is -0.137. The van der Waals surface area contributed by atoms with E-state index in [1.165, 1.54) is 27.2 Å². The van der Waals surface area contributed by atoms with Crippen LogP contribution in [0.3, 0.4) is 0 Å². The van der Waals surface area contributed by atoms with Crippen LogP contribution in [0, 0.1) is 0 Å². The van der Waals surface area contributed by atoms with Crippen molar-refractivity contribution < 1.29 is 29.0 Å². The Bertz CT molecular complexity index is 505. The monoisotopic (exact) mass is 342 g/mol. The number of carboxylic acids is 1. The van der Waals surface area contributed by atoms with Crippen LogP contribution in [0.25, 0.3) is 0 Å². The summed E-state index contributed by atoms with van der Waals surface area (Å²) < 4.78 is 8.81. The second kappa shape index (κ2) is 13.4. The highest BCUT2D eigenvalue weighted by atomic mass is 32.1. The fourth-order valence-corrected chi connectivity index (χ4v) is 1.19. The van der Waals surface area contributed by atoms with E-state index in [-0.39, 0.29) is 23.5 Å². The average molecular weight is 342 g/mol. The fourth-order valence-electron chi connectivity index (χ4n) is 1.07. The molecule has 0 amide bonds. The average Bonchev–Trinajstić information content (AvgIpc) is 2.55. The molecule has 0 bridgehead atoms. The zero-order chi connectivity index (χ0) is 18.4. The number of aliphatic carboxylic acids is 1. The largest absolute Gasteiger partial charge is 0.478 e. The number of methoxy groups -OCH3 is 2. The van der Waals surface area contributed by atoms with Crippen LogP contribution >= 0.6 is 12.2 Å². The SMILES string of the molecule is C=C(CC=C(C)C(=O)O)C(=O)OC.C=C(CCC=S)C(=O)OC. The molecular formula is C16H22O6S. The highest BCUT2D eigenvalue weighted by molar-refractivity contribution is 7.78. The third-order valence-corrected chi connectivity index (χ3v) is 2.74. The summed E-state index contributed by atoms with van der Waals surface area (Å²) >= 11 is 4.57. The standard InChI is InChI=1S/C9H12O4.C7H10O2S/c1-6(8(10)11)4-5-7(2)9(12)13-3;1-6(4-3-5-10)7(8)9-2/h4H,2,5H2,1,3H3,(H,10,11);5H,1,3-4H2,2H3. The molecule has 0 aliphatic carbocycles. The number of carbonyl (C=O) groups is 3. The van der Waals surface area contributed by atoms with Crippen molar-refractivity contribution in [3.8, 4) is 0 Å². The van der Waals surface area contributed by atoms with E-state index >= 15 is 0 Å². The number of allylic oxidation sites excluding steroid dienone is 1. The third-order valence-electron chi connectivity index (χ3n) is 2.50. The van der Waals surface area contributed by atoms with Gasteiger partial charge in [-0.05, 0) is 31.6 Å². The molecule has 0 aromatic rings. The molecule has 0 spiro atoms. The van der Waals surface area contributed by atoms with Gasteiger partial charge in [0.25, 0.3) is 0 Å². The highest BCUT2D eigenvalue weighted by Gasteiger charge is 2.06. The van der Waals surface area contributed by atoms with Gasteiger partial charge in [-0.3, -0.25) is 0 Å². The van der Waals surface area contributed by atoms with Gasteiger partial charge < -0.3 is 14.6 Å². The molecule has 0 saturated carbocycles. The van der Waals surface area contributed by atoms with Gasteiger partial charge in [0.2, 0.25) is 0 Å². The zero-order valence-electron chi connectivity index (χ0n) is 13.6. The molecule has 0 unspecified atom stereocenters. The minimum Gasteiger partial charge on any atom is -0.478 e. The van der Waals surface area contributed by atoms with Gasteiger partial charge in [-0.25, -0.2) is 14.4 Å². The molecule has 1 N–H and O–H groups in total. The van der Waals surface area contributed by atoms with Gasteiger partial charge in [-0.2, -0.15) is 0 Å². The Morgan fingerprint density at radius 1 is 1.09 bits per heavy atom. The van der Waals surface area contributed by atoms with Crippen LogP contribution in [-0.2, 0) is 23.9 Å². The minimum absolute atomic E-state index is 0.185. The number of hydrogen-bond acceptors (Lipinski definition) is 6. The molecule has 0 heterocycles. The van der Waals surface area contributed by atoms with Crippen LogP contribution in [-0.4, -0.2) is 42.6 Å². The van der Waals surface area contributed by atoms with Gasteiger partial charge in [0.1, 0.15) is 0 Å². The summed E-state index contributed by atoms with van der Waals surface area (Å²) in [7, 11) is 2.59. The quantitative estimate of drug-likeness (QED) is 0.412. The first kappa shape index (κ1) is 23.0. The normalized spacial score (nSPS) is 9.78. The first-order valence-electron chi connectivity index (χ1n) is 6.57. The molecule has 0 aromatic heterocycles. The molecule has 128 valence electrons.